The number of ether oxygens (including phenoxy) is 1. The molecule has 0 aliphatic rings. The Labute approximate surface area is 100 Å². The highest BCUT2D eigenvalue weighted by atomic mass is 19.4. The number of Topliss-reactive ketones (excluding diaryl/α,β-unsaturated/α-hetero) is 1. The molecule has 1 aromatic heterocycles. The third kappa shape index (κ3) is 3.10. The van der Waals surface area contributed by atoms with E-state index in [0.29, 0.717) is 5.58 Å². The predicted molar refractivity (Wildman–Crippen MR) is 57.4 cm³/mol. The van der Waals surface area contributed by atoms with Crippen LogP contribution in [0.15, 0.2) is 34.7 Å². The van der Waals surface area contributed by atoms with Crippen molar-refractivity contribution in [2.45, 2.75) is 6.18 Å². The van der Waals surface area contributed by atoms with Gasteiger partial charge in [-0.25, -0.2) is 0 Å². The molecule has 0 aliphatic carbocycles. The Morgan fingerprint density at radius 2 is 2.00 bits per heavy atom. The molecular weight excluding hydrogens is 249 g/mol. The van der Waals surface area contributed by atoms with Crippen LogP contribution in [0, 0.1) is 0 Å². The van der Waals surface area contributed by atoms with Crippen molar-refractivity contribution in [3.8, 4) is 0 Å². The largest absolute Gasteiger partial charge is 0.453 e. The van der Waals surface area contributed by atoms with Crippen molar-refractivity contribution in [1.82, 2.24) is 0 Å². The Kier molecular flexibility index (Phi) is 3.38. The monoisotopic (exact) mass is 258 g/mol. The van der Waals surface area contributed by atoms with Gasteiger partial charge in [0.15, 0.2) is 5.76 Å². The maximum Gasteiger partial charge on any atom is 0.411 e. The van der Waals surface area contributed by atoms with Crippen LogP contribution in [-0.2, 0) is 4.74 Å². The summed E-state index contributed by atoms with van der Waals surface area (Å²) in [6.45, 7) is -2.10. The summed E-state index contributed by atoms with van der Waals surface area (Å²) in [4.78, 5) is 11.5. The zero-order chi connectivity index (χ0) is 13.2. The van der Waals surface area contributed by atoms with Gasteiger partial charge in [0, 0.05) is 5.39 Å². The van der Waals surface area contributed by atoms with Crippen molar-refractivity contribution in [1.29, 1.82) is 0 Å². The van der Waals surface area contributed by atoms with Crippen LogP contribution in [0.3, 0.4) is 0 Å². The summed E-state index contributed by atoms with van der Waals surface area (Å²) in [6.07, 6.45) is -4.44. The molecule has 2 aromatic rings. The van der Waals surface area contributed by atoms with Crippen LogP contribution in [-0.4, -0.2) is 25.2 Å². The van der Waals surface area contributed by atoms with E-state index in [4.69, 9.17) is 4.42 Å². The SMILES string of the molecule is O=C(COCC(F)(F)F)c1cc2ccccc2o1. The Morgan fingerprint density at radius 1 is 1.28 bits per heavy atom. The van der Waals surface area contributed by atoms with Gasteiger partial charge in [-0.15, -0.1) is 0 Å². The first-order chi connectivity index (χ1) is 8.46. The molecule has 0 unspecified atom stereocenters. The van der Waals surface area contributed by atoms with Crippen LogP contribution in [0.4, 0.5) is 13.2 Å². The topological polar surface area (TPSA) is 39.4 Å². The first-order valence-electron chi connectivity index (χ1n) is 5.12. The van der Waals surface area contributed by atoms with E-state index in [2.05, 4.69) is 4.74 Å². The molecule has 0 aliphatic heterocycles. The number of ketones is 1. The summed E-state index contributed by atoms with van der Waals surface area (Å²) in [5.74, 6) is -0.617. The van der Waals surface area contributed by atoms with Gasteiger partial charge in [-0.1, -0.05) is 18.2 Å². The molecule has 18 heavy (non-hydrogen) atoms. The van der Waals surface area contributed by atoms with Gasteiger partial charge < -0.3 is 9.15 Å². The maximum absolute atomic E-state index is 11.8. The first-order valence-corrected chi connectivity index (χ1v) is 5.12. The van der Waals surface area contributed by atoms with Crippen molar-refractivity contribution in [2.24, 2.45) is 0 Å². The highest BCUT2D eigenvalue weighted by Crippen LogP contribution is 2.19. The molecule has 0 saturated carbocycles. The number of rotatable bonds is 4. The summed E-state index contributed by atoms with van der Waals surface area (Å²) in [6, 6.07) is 8.40. The molecule has 0 atom stereocenters. The van der Waals surface area contributed by atoms with Crippen LogP contribution in [0.5, 0.6) is 0 Å². The summed E-state index contributed by atoms with van der Waals surface area (Å²) in [5, 5.41) is 0.719. The minimum atomic E-state index is -4.44. The molecule has 3 nitrogen and oxygen atoms in total. The van der Waals surface area contributed by atoms with Crippen molar-refractivity contribution in [3.63, 3.8) is 0 Å². The fraction of sp³-hybridized carbons (Fsp3) is 0.250. The van der Waals surface area contributed by atoms with E-state index in [0.717, 1.165) is 5.39 Å². The first kappa shape index (κ1) is 12.6. The van der Waals surface area contributed by atoms with Crippen LogP contribution >= 0.6 is 0 Å². The molecule has 0 amide bonds. The third-order valence-corrected chi connectivity index (χ3v) is 2.20. The number of benzene rings is 1. The normalized spacial score (nSPS) is 11.9. The number of para-hydroxylation sites is 1. The molecule has 0 bridgehead atoms. The van der Waals surface area contributed by atoms with Crippen LogP contribution < -0.4 is 0 Å². The number of hydrogen-bond acceptors (Lipinski definition) is 3. The van der Waals surface area contributed by atoms with Gasteiger partial charge in [-0.2, -0.15) is 13.2 Å². The van der Waals surface area contributed by atoms with Crippen LogP contribution in [0.1, 0.15) is 10.6 Å². The minimum absolute atomic E-state index is 0.00151. The van der Waals surface area contributed by atoms with Crippen molar-refractivity contribution in [2.75, 3.05) is 13.2 Å². The molecule has 6 heteroatoms. The van der Waals surface area contributed by atoms with Gasteiger partial charge in [0.1, 0.15) is 18.8 Å². The van der Waals surface area contributed by atoms with Gasteiger partial charge in [-0.05, 0) is 12.1 Å². The van der Waals surface area contributed by atoms with Crippen LogP contribution in [0.25, 0.3) is 11.0 Å². The van der Waals surface area contributed by atoms with E-state index < -0.39 is 25.2 Å². The van der Waals surface area contributed by atoms with Gasteiger partial charge in [0.05, 0.1) is 0 Å². The van der Waals surface area contributed by atoms with Gasteiger partial charge in [0.2, 0.25) is 5.78 Å². The fourth-order valence-electron chi connectivity index (χ4n) is 1.45. The molecule has 0 radical (unpaired) electrons. The second-order valence-electron chi connectivity index (χ2n) is 3.68. The van der Waals surface area contributed by atoms with E-state index in [1.807, 2.05) is 0 Å². The van der Waals surface area contributed by atoms with Crippen molar-refractivity contribution >= 4 is 16.8 Å². The molecule has 0 saturated heterocycles. The molecule has 1 aromatic carbocycles. The number of halogens is 3. The molecule has 0 N–H and O–H groups in total. The summed E-state index contributed by atoms with van der Waals surface area (Å²) < 4.78 is 44.9. The fourth-order valence-corrected chi connectivity index (χ4v) is 1.45. The molecule has 96 valence electrons. The van der Waals surface area contributed by atoms with Crippen molar-refractivity contribution in [3.05, 3.63) is 36.1 Å². The quantitative estimate of drug-likeness (QED) is 0.790. The second-order valence-corrected chi connectivity index (χ2v) is 3.68. The molecule has 0 fully saturated rings. The Bertz CT molecular complexity index is 524. The average molecular weight is 258 g/mol. The lowest BCUT2D eigenvalue weighted by Gasteiger charge is -2.05. The number of alkyl halides is 3. The maximum atomic E-state index is 11.8. The predicted octanol–water partition coefficient (Wildman–Crippen LogP) is 3.19. The standard InChI is InChI=1S/C12H9F3O3/c13-12(14,15)7-17-6-9(16)11-5-8-3-1-2-4-10(8)18-11/h1-5H,6-7H2. The summed E-state index contributed by atoms with van der Waals surface area (Å²) in [7, 11) is 0. The number of hydrogen-bond donors (Lipinski definition) is 0. The lowest BCUT2D eigenvalue weighted by molar-refractivity contribution is -0.171. The molecule has 0 spiro atoms. The lowest BCUT2D eigenvalue weighted by Crippen LogP contribution is -2.20. The second kappa shape index (κ2) is 4.81. The highest BCUT2D eigenvalue weighted by Gasteiger charge is 2.28. The van der Waals surface area contributed by atoms with E-state index in [9.17, 15) is 18.0 Å². The summed E-state index contributed by atoms with van der Waals surface area (Å²) in [5.41, 5.74) is 0.511. The number of fused-ring (bicyclic) bond motifs is 1. The molecular formula is C12H9F3O3. The summed E-state index contributed by atoms with van der Waals surface area (Å²) >= 11 is 0. The Balaban J connectivity index is 2.01. The third-order valence-electron chi connectivity index (χ3n) is 2.20. The van der Waals surface area contributed by atoms with Gasteiger partial charge in [0.25, 0.3) is 0 Å². The molecule has 1 heterocycles. The smallest absolute Gasteiger partial charge is 0.411 e. The highest BCUT2D eigenvalue weighted by molar-refractivity contribution is 5.98. The van der Waals surface area contributed by atoms with E-state index in [-0.39, 0.29) is 5.76 Å². The Hall–Kier alpha value is -1.82. The van der Waals surface area contributed by atoms with E-state index >= 15 is 0 Å². The van der Waals surface area contributed by atoms with Gasteiger partial charge in [-0.3, -0.25) is 4.79 Å². The minimum Gasteiger partial charge on any atom is -0.453 e. The zero-order valence-corrected chi connectivity index (χ0v) is 9.16. The van der Waals surface area contributed by atoms with Crippen molar-refractivity contribution < 1.29 is 27.1 Å². The number of carbonyl (C=O) groups is 1. The average Bonchev–Trinajstić information content (AvgIpc) is 2.70. The van der Waals surface area contributed by atoms with Gasteiger partial charge >= 0.3 is 6.18 Å². The van der Waals surface area contributed by atoms with E-state index in [1.165, 1.54) is 6.07 Å². The zero-order valence-electron chi connectivity index (χ0n) is 9.16. The number of carbonyl (C=O) groups excluding carboxylic acids is 1. The van der Waals surface area contributed by atoms with Crippen LogP contribution in [0.2, 0.25) is 0 Å². The number of furan rings is 1. The molecule has 2 rings (SSSR count). The van der Waals surface area contributed by atoms with E-state index in [1.54, 1.807) is 24.3 Å². The lowest BCUT2D eigenvalue weighted by atomic mass is 10.2. The Morgan fingerprint density at radius 3 is 2.67 bits per heavy atom.